The molecule has 4 heteroatoms. The first kappa shape index (κ1) is 17.4. The van der Waals surface area contributed by atoms with Gasteiger partial charge in [0, 0.05) is 6.42 Å². The normalized spacial score (nSPS) is 22.2. The van der Waals surface area contributed by atoms with Gasteiger partial charge in [-0.15, -0.1) is 0 Å². The summed E-state index contributed by atoms with van der Waals surface area (Å²) in [5.41, 5.74) is 2.36. The van der Waals surface area contributed by atoms with E-state index < -0.39 is 5.79 Å². The van der Waals surface area contributed by atoms with Gasteiger partial charge in [-0.1, -0.05) is 43.5 Å². The van der Waals surface area contributed by atoms with Gasteiger partial charge in [-0.2, -0.15) is 0 Å². The van der Waals surface area contributed by atoms with Crippen LogP contribution >= 0.6 is 0 Å². The lowest BCUT2D eigenvalue weighted by Crippen LogP contribution is -2.31. The summed E-state index contributed by atoms with van der Waals surface area (Å²) >= 11 is 0. The van der Waals surface area contributed by atoms with Gasteiger partial charge in [0.1, 0.15) is 0 Å². The number of esters is 1. The van der Waals surface area contributed by atoms with Crippen LogP contribution in [-0.2, 0) is 19.0 Å². The molecule has 0 radical (unpaired) electrons. The van der Waals surface area contributed by atoms with Gasteiger partial charge in [0.2, 0.25) is 0 Å². The van der Waals surface area contributed by atoms with Crippen LogP contribution in [0.1, 0.15) is 68.4 Å². The summed E-state index contributed by atoms with van der Waals surface area (Å²) < 4.78 is 16.4. The molecule has 4 nitrogen and oxygen atoms in total. The molecule has 0 bridgehead atoms. The van der Waals surface area contributed by atoms with E-state index in [1.807, 2.05) is 6.92 Å². The summed E-state index contributed by atoms with van der Waals surface area (Å²) in [6, 6.07) is 8.51. The van der Waals surface area contributed by atoms with Crippen molar-refractivity contribution in [1.29, 1.82) is 0 Å². The van der Waals surface area contributed by atoms with Crippen molar-refractivity contribution in [3.05, 3.63) is 35.4 Å². The Morgan fingerprint density at radius 2 is 1.79 bits per heavy atom. The lowest BCUT2D eigenvalue weighted by Gasteiger charge is -2.27. The molecule has 132 valence electrons. The van der Waals surface area contributed by atoms with Crippen LogP contribution in [-0.4, -0.2) is 32.1 Å². The molecular weight excluding hydrogens is 304 g/mol. The van der Waals surface area contributed by atoms with Crippen LogP contribution in [0.5, 0.6) is 0 Å². The first-order valence-corrected chi connectivity index (χ1v) is 9.07. The van der Waals surface area contributed by atoms with Crippen molar-refractivity contribution < 1.29 is 19.0 Å². The standard InChI is InChI=1S/C20H28O4/c1-20(23-12-13-24-20)14-18(19(21)22-2)17-10-8-16(9-11-17)15-6-4-3-5-7-15/h8-11,15,18H,3-7,12-14H2,1-2H3. The maximum absolute atomic E-state index is 12.3. The van der Waals surface area contributed by atoms with Crippen LogP contribution in [0.15, 0.2) is 24.3 Å². The maximum Gasteiger partial charge on any atom is 0.313 e. The molecule has 1 aromatic carbocycles. The first-order valence-electron chi connectivity index (χ1n) is 9.07. The third-order valence-corrected chi connectivity index (χ3v) is 5.37. The van der Waals surface area contributed by atoms with Crippen LogP contribution < -0.4 is 0 Å². The summed E-state index contributed by atoms with van der Waals surface area (Å²) in [5, 5.41) is 0. The van der Waals surface area contributed by atoms with Crippen molar-refractivity contribution in [1.82, 2.24) is 0 Å². The molecule has 0 N–H and O–H groups in total. The van der Waals surface area contributed by atoms with Crippen molar-refractivity contribution in [3.8, 4) is 0 Å². The number of ether oxygens (including phenoxy) is 3. The average Bonchev–Trinajstić information content (AvgIpc) is 3.07. The summed E-state index contributed by atoms with van der Waals surface area (Å²) in [6.07, 6.45) is 7.04. The SMILES string of the molecule is COC(=O)C(CC1(C)OCCO1)c1ccc(C2CCCCC2)cc1. The Hall–Kier alpha value is -1.39. The van der Waals surface area contributed by atoms with E-state index in [2.05, 4.69) is 24.3 Å². The number of hydrogen-bond donors (Lipinski definition) is 0. The minimum absolute atomic E-state index is 0.235. The van der Waals surface area contributed by atoms with E-state index in [4.69, 9.17) is 14.2 Å². The summed E-state index contributed by atoms with van der Waals surface area (Å²) in [4.78, 5) is 12.3. The van der Waals surface area contributed by atoms with Gasteiger partial charge >= 0.3 is 5.97 Å². The number of rotatable bonds is 5. The number of methoxy groups -OCH3 is 1. The summed E-state index contributed by atoms with van der Waals surface area (Å²) in [5.74, 6) is -0.636. The van der Waals surface area contributed by atoms with E-state index in [0.29, 0.717) is 25.6 Å². The smallest absolute Gasteiger partial charge is 0.313 e. The van der Waals surface area contributed by atoms with E-state index in [1.54, 1.807) is 0 Å². The molecule has 1 aliphatic heterocycles. The molecule has 1 aliphatic carbocycles. The Morgan fingerprint density at radius 3 is 2.38 bits per heavy atom. The molecule has 3 rings (SSSR count). The third kappa shape index (κ3) is 3.98. The molecule has 1 unspecified atom stereocenters. The van der Waals surface area contributed by atoms with Gasteiger partial charge in [0.05, 0.1) is 26.2 Å². The largest absolute Gasteiger partial charge is 0.469 e. The fraction of sp³-hybridized carbons (Fsp3) is 0.650. The van der Waals surface area contributed by atoms with E-state index in [1.165, 1.54) is 44.8 Å². The molecule has 1 atom stereocenters. The average molecular weight is 332 g/mol. The highest BCUT2D eigenvalue weighted by Crippen LogP contribution is 2.36. The monoisotopic (exact) mass is 332 g/mol. The zero-order valence-electron chi connectivity index (χ0n) is 14.8. The van der Waals surface area contributed by atoms with Crippen molar-refractivity contribution in [2.75, 3.05) is 20.3 Å². The number of hydrogen-bond acceptors (Lipinski definition) is 4. The Bertz CT molecular complexity index is 539. The lowest BCUT2D eigenvalue weighted by molar-refractivity contribution is -0.163. The predicted octanol–water partition coefficient (Wildman–Crippen LogP) is 4.14. The van der Waals surface area contributed by atoms with Crippen molar-refractivity contribution in [3.63, 3.8) is 0 Å². The van der Waals surface area contributed by atoms with E-state index in [9.17, 15) is 4.79 Å². The molecule has 0 amide bonds. The number of carbonyl (C=O) groups is 1. The third-order valence-electron chi connectivity index (χ3n) is 5.37. The maximum atomic E-state index is 12.3. The topological polar surface area (TPSA) is 44.8 Å². The van der Waals surface area contributed by atoms with Gasteiger partial charge in [-0.25, -0.2) is 0 Å². The lowest BCUT2D eigenvalue weighted by atomic mass is 9.83. The minimum Gasteiger partial charge on any atom is -0.469 e. The molecular formula is C20H28O4. The Balaban J connectivity index is 1.75. The molecule has 1 aromatic rings. The quantitative estimate of drug-likeness (QED) is 0.760. The highest BCUT2D eigenvalue weighted by atomic mass is 16.7. The summed E-state index contributed by atoms with van der Waals surface area (Å²) in [7, 11) is 1.43. The molecule has 1 saturated heterocycles. The second kappa shape index (κ2) is 7.66. The van der Waals surface area contributed by atoms with Gasteiger partial charge in [0.25, 0.3) is 0 Å². The molecule has 1 saturated carbocycles. The molecule has 2 fully saturated rings. The zero-order chi connectivity index (χ0) is 17.0. The van der Waals surface area contributed by atoms with Gasteiger partial charge in [0.15, 0.2) is 5.79 Å². The van der Waals surface area contributed by atoms with Gasteiger partial charge in [-0.05, 0) is 36.8 Å². The number of carbonyl (C=O) groups excluding carboxylic acids is 1. The van der Waals surface area contributed by atoms with Crippen LogP contribution in [0, 0.1) is 0 Å². The van der Waals surface area contributed by atoms with Gasteiger partial charge in [-0.3, -0.25) is 4.79 Å². The fourth-order valence-electron chi connectivity index (χ4n) is 3.96. The fourth-order valence-corrected chi connectivity index (χ4v) is 3.96. The minimum atomic E-state index is -0.707. The molecule has 0 spiro atoms. The van der Waals surface area contributed by atoms with Crippen molar-refractivity contribution in [2.24, 2.45) is 0 Å². The van der Waals surface area contributed by atoms with Crippen LogP contribution in [0.4, 0.5) is 0 Å². The second-order valence-electron chi connectivity index (χ2n) is 7.11. The van der Waals surface area contributed by atoms with Crippen molar-refractivity contribution in [2.45, 2.75) is 63.1 Å². The predicted molar refractivity (Wildman–Crippen MR) is 92.0 cm³/mol. The Labute approximate surface area is 144 Å². The molecule has 24 heavy (non-hydrogen) atoms. The highest BCUT2D eigenvalue weighted by molar-refractivity contribution is 5.78. The van der Waals surface area contributed by atoms with E-state index >= 15 is 0 Å². The van der Waals surface area contributed by atoms with E-state index in [-0.39, 0.29) is 11.9 Å². The van der Waals surface area contributed by atoms with Crippen LogP contribution in [0.25, 0.3) is 0 Å². The van der Waals surface area contributed by atoms with Crippen molar-refractivity contribution >= 4 is 5.97 Å². The molecule has 2 aliphatic rings. The number of benzene rings is 1. The highest BCUT2D eigenvalue weighted by Gasteiger charge is 2.37. The molecule has 1 heterocycles. The Kier molecular flexibility index (Phi) is 5.57. The van der Waals surface area contributed by atoms with Crippen LogP contribution in [0.3, 0.4) is 0 Å². The Morgan fingerprint density at radius 1 is 1.17 bits per heavy atom. The molecule has 0 aromatic heterocycles. The second-order valence-corrected chi connectivity index (χ2v) is 7.11. The van der Waals surface area contributed by atoms with Gasteiger partial charge < -0.3 is 14.2 Å². The summed E-state index contributed by atoms with van der Waals surface area (Å²) in [6.45, 7) is 3.04. The zero-order valence-corrected chi connectivity index (χ0v) is 14.8. The first-order chi connectivity index (χ1) is 11.6. The van der Waals surface area contributed by atoms with E-state index in [0.717, 1.165) is 5.56 Å². The van der Waals surface area contributed by atoms with Crippen LogP contribution in [0.2, 0.25) is 0 Å².